The van der Waals surface area contributed by atoms with Crippen LogP contribution in [0.25, 0.3) is 10.2 Å². The highest BCUT2D eigenvalue weighted by atomic mass is 32.1. The van der Waals surface area contributed by atoms with Crippen LogP contribution in [0.2, 0.25) is 0 Å². The maximum Gasteiger partial charge on any atom is 0.169 e. The van der Waals surface area contributed by atoms with E-state index in [0.29, 0.717) is 0 Å². The molecule has 0 aliphatic carbocycles. The lowest BCUT2D eigenvalue weighted by Gasteiger charge is -1.94. The molecular weight excluding hydrogens is 182 g/mol. The summed E-state index contributed by atoms with van der Waals surface area (Å²) in [5.74, 6) is 0.152. The van der Waals surface area contributed by atoms with Crippen LogP contribution in [0.5, 0.6) is 0 Å². The first-order valence-corrected chi connectivity index (χ1v) is 4.98. The van der Waals surface area contributed by atoms with E-state index >= 15 is 0 Å². The summed E-state index contributed by atoms with van der Waals surface area (Å²) >= 11 is 1.57. The predicted octanol–water partition coefficient (Wildman–Crippen LogP) is 2.75. The average Bonchev–Trinajstić information content (AvgIpc) is 2.55. The zero-order valence-electron chi connectivity index (χ0n) is 7.92. The van der Waals surface area contributed by atoms with Crippen molar-refractivity contribution in [1.29, 1.82) is 0 Å². The van der Waals surface area contributed by atoms with Gasteiger partial charge in [0.15, 0.2) is 5.78 Å². The van der Waals surface area contributed by atoms with E-state index in [-0.39, 0.29) is 5.78 Å². The summed E-state index contributed by atoms with van der Waals surface area (Å²) in [7, 11) is 2.02. The van der Waals surface area contributed by atoms with Crippen LogP contribution in [0.15, 0.2) is 12.1 Å². The van der Waals surface area contributed by atoms with E-state index in [0.717, 1.165) is 10.4 Å². The van der Waals surface area contributed by atoms with E-state index in [1.807, 2.05) is 13.1 Å². The first kappa shape index (κ1) is 8.51. The van der Waals surface area contributed by atoms with Gasteiger partial charge in [0.2, 0.25) is 0 Å². The Morgan fingerprint density at radius 2 is 2.15 bits per heavy atom. The van der Waals surface area contributed by atoms with Crippen molar-refractivity contribution >= 4 is 27.3 Å². The Bertz CT molecular complexity index is 478. The molecule has 0 bridgehead atoms. The highest BCUT2D eigenvalue weighted by Crippen LogP contribution is 2.28. The van der Waals surface area contributed by atoms with Gasteiger partial charge in [-0.2, -0.15) is 0 Å². The second kappa shape index (κ2) is 2.70. The fraction of sp³-hybridized carbons (Fsp3) is 0.300. The summed E-state index contributed by atoms with van der Waals surface area (Å²) in [6.07, 6.45) is 0. The molecule has 0 radical (unpaired) electrons. The normalized spacial score (nSPS) is 11.0. The monoisotopic (exact) mass is 193 g/mol. The third-order valence-electron chi connectivity index (χ3n) is 2.32. The van der Waals surface area contributed by atoms with Crippen LogP contribution >= 0.6 is 11.3 Å². The van der Waals surface area contributed by atoms with E-state index < -0.39 is 0 Å². The average molecular weight is 193 g/mol. The summed E-state index contributed by atoms with van der Waals surface area (Å²) in [6.45, 7) is 3.68. The number of ketones is 1. The van der Waals surface area contributed by atoms with Gasteiger partial charge >= 0.3 is 0 Å². The predicted molar refractivity (Wildman–Crippen MR) is 55.5 cm³/mol. The SMILES string of the molecule is CC(=O)c1cc2c(cc(C)n2C)s1. The molecule has 3 heteroatoms. The molecule has 13 heavy (non-hydrogen) atoms. The van der Waals surface area contributed by atoms with Gasteiger partial charge in [-0.15, -0.1) is 11.3 Å². The molecule has 2 heterocycles. The Kier molecular flexibility index (Phi) is 1.77. The van der Waals surface area contributed by atoms with Crippen molar-refractivity contribution in [3.05, 3.63) is 22.7 Å². The van der Waals surface area contributed by atoms with E-state index in [4.69, 9.17) is 0 Å². The van der Waals surface area contributed by atoms with E-state index in [2.05, 4.69) is 17.6 Å². The molecule has 2 nitrogen and oxygen atoms in total. The fourth-order valence-electron chi connectivity index (χ4n) is 1.41. The number of carbonyl (C=O) groups excluding carboxylic acids is 1. The van der Waals surface area contributed by atoms with Gasteiger partial charge in [0, 0.05) is 12.7 Å². The number of rotatable bonds is 1. The van der Waals surface area contributed by atoms with Gasteiger partial charge < -0.3 is 4.57 Å². The lowest BCUT2D eigenvalue weighted by atomic mass is 10.3. The zero-order valence-corrected chi connectivity index (χ0v) is 8.73. The Balaban J connectivity index is 2.72. The summed E-state index contributed by atoms with van der Waals surface area (Å²) in [4.78, 5) is 12.0. The zero-order chi connectivity index (χ0) is 9.59. The molecule has 0 saturated carbocycles. The second-order valence-electron chi connectivity index (χ2n) is 3.26. The molecule has 0 aromatic carbocycles. The van der Waals surface area contributed by atoms with Crippen molar-refractivity contribution in [3.8, 4) is 0 Å². The topological polar surface area (TPSA) is 22.0 Å². The number of Topliss-reactive ketones (excluding diaryl/α,β-unsaturated/α-hetero) is 1. The second-order valence-corrected chi connectivity index (χ2v) is 4.34. The Labute approximate surface area is 80.8 Å². The standard InChI is InChI=1S/C10H11NOS/c1-6-4-10-8(11(6)3)5-9(13-10)7(2)12/h4-5H,1-3H3. The number of carbonyl (C=O) groups is 1. The number of fused-ring (bicyclic) bond motifs is 1. The first-order valence-electron chi connectivity index (χ1n) is 4.16. The van der Waals surface area contributed by atoms with Crippen LogP contribution < -0.4 is 0 Å². The van der Waals surface area contributed by atoms with Crippen molar-refractivity contribution in [2.45, 2.75) is 13.8 Å². The molecule has 2 aromatic rings. The lowest BCUT2D eigenvalue weighted by Crippen LogP contribution is -1.89. The maximum absolute atomic E-state index is 11.1. The molecule has 2 aromatic heterocycles. The van der Waals surface area contributed by atoms with Crippen LogP contribution in [0.3, 0.4) is 0 Å². The maximum atomic E-state index is 11.1. The molecular formula is C10H11NOS. The molecule has 0 fully saturated rings. The van der Waals surface area contributed by atoms with Gasteiger partial charge in [0.1, 0.15) is 0 Å². The lowest BCUT2D eigenvalue weighted by molar-refractivity contribution is 0.102. The number of thiophene rings is 1. The fourth-order valence-corrected chi connectivity index (χ4v) is 2.49. The van der Waals surface area contributed by atoms with Crippen LogP contribution in [0, 0.1) is 6.92 Å². The third-order valence-corrected chi connectivity index (χ3v) is 3.49. The highest BCUT2D eigenvalue weighted by Gasteiger charge is 2.09. The molecule has 0 spiro atoms. The minimum absolute atomic E-state index is 0.152. The molecule has 0 aliphatic rings. The first-order chi connectivity index (χ1) is 6.09. The van der Waals surface area contributed by atoms with Gasteiger partial charge in [-0.3, -0.25) is 4.79 Å². The smallest absolute Gasteiger partial charge is 0.169 e. The van der Waals surface area contributed by atoms with Crippen LogP contribution in [0.1, 0.15) is 22.3 Å². The summed E-state index contributed by atoms with van der Waals surface area (Å²) < 4.78 is 3.31. The summed E-state index contributed by atoms with van der Waals surface area (Å²) in [5.41, 5.74) is 2.39. The molecule has 0 unspecified atom stereocenters. The molecule has 0 saturated heterocycles. The molecule has 0 aliphatic heterocycles. The van der Waals surface area contributed by atoms with Crippen molar-refractivity contribution in [2.24, 2.45) is 7.05 Å². The van der Waals surface area contributed by atoms with Crippen LogP contribution in [-0.4, -0.2) is 10.4 Å². The number of aryl methyl sites for hydroxylation is 2. The highest BCUT2D eigenvalue weighted by molar-refractivity contribution is 7.20. The summed E-state index contributed by atoms with van der Waals surface area (Å²) in [6, 6.07) is 4.09. The number of aromatic nitrogens is 1. The Hall–Kier alpha value is -1.09. The van der Waals surface area contributed by atoms with Crippen molar-refractivity contribution in [3.63, 3.8) is 0 Å². The van der Waals surface area contributed by atoms with Crippen molar-refractivity contribution in [2.75, 3.05) is 0 Å². The van der Waals surface area contributed by atoms with E-state index in [1.165, 1.54) is 10.4 Å². The third kappa shape index (κ3) is 1.20. The Morgan fingerprint density at radius 1 is 1.46 bits per heavy atom. The molecule has 2 rings (SSSR count). The Morgan fingerprint density at radius 3 is 2.69 bits per heavy atom. The number of nitrogens with zero attached hydrogens (tertiary/aromatic N) is 1. The van der Waals surface area contributed by atoms with Crippen molar-refractivity contribution < 1.29 is 4.79 Å². The molecule has 0 amide bonds. The summed E-state index contributed by atoms with van der Waals surface area (Å²) in [5, 5.41) is 0. The van der Waals surface area contributed by atoms with Gasteiger partial charge in [-0.25, -0.2) is 0 Å². The minimum atomic E-state index is 0.152. The quantitative estimate of drug-likeness (QED) is 0.638. The molecule has 68 valence electrons. The number of hydrogen-bond acceptors (Lipinski definition) is 2. The van der Waals surface area contributed by atoms with Crippen molar-refractivity contribution in [1.82, 2.24) is 4.57 Å². The van der Waals surface area contributed by atoms with Gasteiger partial charge in [-0.1, -0.05) is 0 Å². The molecule has 0 atom stereocenters. The van der Waals surface area contributed by atoms with Crippen LogP contribution in [0.4, 0.5) is 0 Å². The van der Waals surface area contributed by atoms with E-state index in [1.54, 1.807) is 18.3 Å². The number of hydrogen-bond donors (Lipinski definition) is 0. The van der Waals surface area contributed by atoms with Gasteiger partial charge in [0.25, 0.3) is 0 Å². The van der Waals surface area contributed by atoms with E-state index in [9.17, 15) is 4.79 Å². The van der Waals surface area contributed by atoms with Gasteiger partial charge in [0.05, 0.1) is 15.1 Å². The van der Waals surface area contributed by atoms with Gasteiger partial charge in [-0.05, 0) is 26.0 Å². The van der Waals surface area contributed by atoms with Crippen LogP contribution in [-0.2, 0) is 7.05 Å². The minimum Gasteiger partial charge on any atom is -0.347 e. The largest absolute Gasteiger partial charge is 0.347 e. The molecule has 0 N–H and O–H groups in total.